The summed E-state index contributed by atoms with van der Waals surface area (Å²) in [4.78, 5) is 25.4. The fourth-order valence-corrected chi connectivity index (χ4v) is 3.34. The highest BCUT2D eigenvalue weighted by Crippen LogP contribution is 2.28. The maximum Gasteiger partial charge on any atom is 0.410 e. The van der Waals surface area contributed by atoms with Gasteiger partial charge in [0.15, 0.2) is 0 Å². The first-order valence-corrected chi connectivity index (χ1v) is 11.0. The predicted molar refractivity (Wildman–Crippen MR) is 123 cm³/mol. The van der Waals surface area contributed by atoms with E-state index in [1.54, 1.807) is 17.0 Å². The third kappa shape index (κ3) is 7.69. The minimum Gasteiger partial charge on any atom is -0.444 e. The molecule has 2 atom stereocenters. The molecule has 1 aromatic rings. The number of amides is 1. The molecular formula is C23H38N4O4. The monoisotopic (exact) mass is 434 g/mol. The molecule has 8 heteroatoms. The van der Waals surface area contributed by atoms with Gasteiger partial charge in [0.2, 0.25) is 0 Å². The normalized spacial score (nSPS) is 18.4. The van der Waals surface area contributed by atoms with Crippen molar-refractivity contribution in [3.05, 3.63) is 33.9 Å². The van der Waals surface area contributed by atoms with Crippen molar-refractivity contribution in [3.8, 4) is 0 Å². The second kappa shape index (κ2) is 9.85. The molecular weight excluding hydrogens is 396 g/mol. The van der Waals surface area contributed by atoms with Crippen molar-refractivity contribution >= 4 is 17.5 Å². The molecule has 1 heterocycles. The lowest BCUT2D eigenvalue weighted by Gasteiger charge is -2.34. The Labute approximate surface area is 185 Å². The van der Waals surface area contributed by atoms with Gasteiger partial charge in [-0.3, -0.25) is 10.1 Å². The Hall–Kier alpha value is -2.35. The molecule has 2 unspecified atom stereocenters. The van der Waals surface area contributed by atoms with Crippen molar-refractivity contribution in [2.75, 3.05) is 18.4 Å². The molecule has 31 heavy (non-hydrogen) atoms. The molecule has 2 rings (SSSR count). The van der Waals surface area contributed by atoms with Crippen molar-refractivity contribution < 1.29 is 14.5 Å². The number of hydrogen-bond donors (Lipinski definition) is 2. The SMILES string of the molecule is CC(NCc1ccc(NC2CCCN(C(=O)OC(C)(C)C)C2)c([N+](=O)[O-])c1)C(C)(C)C. The first-order chi connectivity index (χ1) is 14.3. The van der Waals surface area contributed by atoms with Gasteiger partial charge in [-0.15, -0.1) is 0 Å². The van der Waals surface area contributed by atoms with Crippen LogP contribution in [-0.2, 0) is 11.3 Å². The lowest BCUT2D eigenvalue weighted by molar-refractivity contribution is -0.384. The molecule has 1 saturated heterocycles. The van der Waals surface area contributed by atoms with Crippen LogP contribution in [0.5, 0.6) is 0 Å². The average molecular weight is 435 g/mol. The van der Waals surface area contributed by atoms with Gasteiger partial charge >= 0.3 is 6.09 Å². The predicted octanol–water partition coefficient (Wildman–Crippen LogP) is 4.93. The number of nitrogens with zero attached hydrogens (tertiary/aromatic N) is 2. The molecule has 1 aromatic carbocycles. The van der Waals surface area contributed by atoms with Gasteiger partial charge in [-0.2, -0.15) is 0 Å². The zero-order valence-electron chi connectivity index (χ0n) is 19.9. The minimum atomic E-state index is -0.551. The summed E-state index contributed by atoms with van der Waals surface area (Å²) in [6.45, 7) is 15.8. The van der Waals surface area contributed by atoms with Crippen LogP contribution in [0.2, 0.25) is 0 Å². The van der Waals surface area contributed by atoms with Gasteiger partial charge in [-0.05, 0) is 57.6 Å². The van der Waals surface area contributed by atoms with Crippen LogP contribution < -0.4 is 10.6 Å². The molecule has 0 saturated carbocycles. The van der Waals surface area contributed by atoms with Crippen molar-refractivity contribution in [2.24, 2.45) is 5.41 Å². The lowest BCUT2D eigenvalue weighted by atomic mass is 9.88. The highest BCUT2D eigenvalue weighted by molar-refractivity contribution is 5.69. The second-order valence-corrected chi connectivity index (χ2v) is 10.5. The Kier molecular flexibility index (Phi) is 7.92. The molecule has 0 aliphatic carbocycles. The molecule has 0 radical (unpaired) electrons. The average Bonchev–Trinajstić information content (AvgIpc) is 2.64. The van der Waals surface area contributed by atoms with E-state index in [1.165, 1.54) is 0 Å². The molecule has 174 valence electrons. The number of rotatable bonds is 6. The number of carbonyl (C=O) groups excluding carboxylic acids is 1. The fraction of sp³-hybridized carbons (Fsp3) is 0.696. The number of ether oxygens (including phenoxy) is 1. The standard InChI is InChI=1S/C23H38N4O4/c1-16(22(2,3)4)24-14-17-10-11-19(20(13-17)27(29)30)25-18-9-8-12-26(15-18)21(28)31-23(5,6)7/h10-11,13,16,18,24-25H,8-9,12,14-15H2,1-7H3. The highest BCUT2D eigenvalue weighted by atomic mass is 16.6. The van der Waals surface area contributed by atoms with E-state index in [0.717, 1.165) is 18.4 Å². The van der Waals surface area contributed by atoms with Crippen LogP contribution in [-0.4, -0.2) is 46.7 Å². The molecule has 1 fully saturated rings. The van der Waals surface area contributed by atoms with Gasteiger partial charge in [-0.1, -0.05) is 26.8 Å². The number of piperidine rings is 1. The van der Waals surface area contributed by atoms with E-state index < -0.39 is 5.60 Å². The van der Waals surface area contributed by atoms with E-state index in [-0.39, 0.29) is 34.2 Å². The summed E-state index contributed by atoms with van der Waals surface area (Å²) < 4.78 is 5.47. The Morgan fingerprint density at radius 2 is 1.97 bits per heavy atom. The molecule has 2 N–H and O–H groups in total. The smallest absolute Gasteiger partial charge is 0.410 e. The largest absolute Gasteiger partial charge is 0.444 e. The van der Waals surface area contributed by atoms with Gasteiger partial charge in [0.1, 0.15) is 11.3 Å². The third-order valence-electron chi connectivity index (χ3n) is 5.60. The summed E-state index contributed by atoms with van der Waals surface area (Å²) in [5, 5.41) is 18.4. The van der Waals surface area contributed by atoms with Crippen LogP contribution in [0.25, 0.3) is 0 Å². The number of anilines is 1. The molecule has 0 bridgehead atoms. The van der Waals surface area contributed by atoms with Crippen molar-refractivity contribution in [2.45, 2.75) is 85.5 Å². The van der Waals surface area contributed by atoms with Crippen LogP contribution in [0.4, 0.5) is 16.2 Å². The van der Waals surface area contributed by atoms with Crippen molar-refractivity contribution in [3.63, 3.8) is 0 Å². The van der Waals surface area contributed by atoms with Crippen molar-refractivity contribution in [1.29, 1.82) is 0 Å². The fourth-order valence-electron chi connectivity index (χ4n) is 3.34. The summed E-state index contributed by atoms with van der Waals surface area (Å²) in [6, 6.07) is 5.50. The summed E-state index contributed by atoms with van der Waals surface area (Å²) in [5.74, 6) is 0. The second-order valence-electron chi connectivity index (χ2n) is 10.5. The molecule has 1 aliphatic rings. The topological polar surface area (TPSA) is 96.7 Å². The van der Waals surface area contributed by atoms with Gasteiger partial charge < -0.3 is 20.3 Å². The van der Waals surface area contributed by atoms with Gasteiger partial charge in [-0.25, -0.2) is 4.79 Å². The number of nitrogens with one attached hydrogen (secondary N) is 2. The van der Waals surface area contributed by atoms with E-state index in [2.05, 4.69) is 38.3 Å². The van der Waals surface area contributed by atoms with Crippen LogP contribution in [0.3, 0.4) is 0 Å². The molecule has 1 aliphatic heterocycles. The van der Waals surface area contributed by atoms with Gasteiger partial charge in [0, 0.05) is 37.8 Å². The van der Waals surface area contributed by atoms with E-state index in [9.17, 15) is 14.9 Å². The number of likely N-dealkylation sites (tertiary alicyclic amines) is 1. The Morgan fingerprint density at radius 3 is 2.55 bits per heavy atom. The zero-order chi connectivity index (χ0) is 23.4. The van der Waals surface area contributed by atoms with Crippen LogP contribution in [0.15, 0.2) is 18.2 Å². The molecule has 0 spiro atoms. The van der Waals surface area contributed by atoms with Crippen LogP contribution in [0.1, 0.15) is 66.9 Å². The molecule has 1 amide bonds. The summed E-state index contributed by atoms with van der Waals surface area (Å²) in [6.07, 6.45) is 1.31. The first-order valence-electron chi connectivity index (χ1n) is 11.0. The first kappa shape index (κ1) is 24.9. The number of nitro benzene ring substituents is 1. The number of nitro groups is 1. The lowest BCUT2D eigenvalue weighted by Crippen LogP contribution is -2.47. The summed E-state index contributed by atoms with van der Waals surface area (Å²) >= 11 is 0. The highest BCUT2D eigenvalue weighted by Gasteiger charge is 2.29. The number of benzene rings is 1. The summed E-state index contributed by atoms with van der Waals surface area (Å²) in [7, 11) is 0. The zero-order valence-corrected chi connectivity index (χ0v) is 19.9. The van der Waals surface area contributed by atoms with E-state index >= 15 is 0 Å². The Bertz CT molecular complexity index is 783. The quantitative estimate of drug-likeness (QED) is 0.487. The third-order valence-corrected chi connectivity index (χ3v) is 5.60. The van der Waals surface area contributed by atoms with E-state index in [4.69, 9.17) is 4.74 Å². The van der Waals surface area contributed by atoms with E-state index in [0.29, 0.717) is 25.3 Å². The van der Waals surface area contributed by atoms with Crippen LogP contribution in [0, 0.1) is 15.5 Å². The van der Waals surface area contributed by atoms with Gasteiger partial charge in [0.05, 0.1) is 4.92 Å². The molecule has 0 aromatic heterocycles. The number of carbonyl (C=O) groups is 1. The van der Waals surface area contributed by atoms with Gasteiger partial charge in [0.25, 0.3) is 5.69 Å². The Balaban J connectivity index is 2.06. The van der Waals surface area contributed by atoms with E-state index in [1.807, 2.05) is 26.8 Å². The number of hydrogen-bond acceptors (Lipinski definition) is 6. The Morgan fingerprint density at radius 1 is 1.29 bits per heavy atom. The molecule has 8 nitrogen and oxygen atoms in total. The maximum absolute atomic E-state index is 12.4. The maximum atomic E-state index is 12.4. The van der Waals surface area contributed by atoms with Crippen molar-refractivity contribution in [1.82, 2.24) is 10.2 Å². The minimum absolute atomic E-state index is 0.0529. The summed E-state index contributed by atoms with van der Waals surface area (Å²) in [5.41, 5.74) is 0.956. The van der Waals surface area contributed by atoms with Crippen LogP contribution >= 0.6 is 0 Å².